The molecular weight excluding hydrogens is 1010 g/mol. The predicted octanol–water partition coefficient (Wildman–Crippen LogP) is 23.9. The van der Waals surface area contributed by atoms with Crippen molar-refractivity contribution in [3.63, 3.8) is 0 Å². The first-order valence-corrected chi connectivity index (χ1v) is 34.5. The lowest BCUT2D eigenvalue weighted by atomic mass is 10.0. The van der Waals surface area contributed by atoms with Crippen molar-refractivity contribution >= 4 is 17.9 Å². The minimum atomic E-state index is -0.797. The van der Waals surface area contributed by atoms with E-state index in [1.54, 1.807) is 0 Å². The summed E-state index contributed by atoms with van der Waals surface area (Å²) in [6.07, 6.45) is 96.3. The van der Waals surface area contributed by atoms with Gasteiger partial charge in [0, 0.05) is 19.3 Å². The van der Waals surface area contributed by atoms with Crippen LogP contribution in [0.25, 0.3) is 0 Å². The van der Waals surface area contributed by atoms with Gasteiger partial charge in [-0.15, -0.1) is 0 Å². The first-order valence-electron chi connectivity index (χ1n) is 34.5. The molecule has 0 fully saturated rings. The molecule has 6 heteroatoms. The van der Waals surface area contributed by atoms with Crippen LogP contribution in [-0.4, -0.2) is 37.2 Å². The Morgan fingerprint density at radius 1 is 0.256 bits per heavy atom. The third-order valence-corrected chi connectivity index (χ3v) is 14.7. The van der Waals surface area contributed by atoms with Crippen LogP contribution >= 0.6 is 0 Å². The largest absolute Gasteiger partial charge is 0.462 e. The van der Waals surface area contributed by atoms with Gasteiger partial charge in [-0.2, -0.15) is 0 Å². The van der Waals surface area contributed by atoms with Gasteiger partial charge >= 0.3 is 17.9 Å². The average molecular weight is 1140 g/mol. The van der Waals surface area contributed by atoms with Crippen molar-refractivity contribution in [2.75, 3.05) is 13.2 Å². The number of esters is 3. The van der Waals surface area contributed by atoms with Crippen molar-refractivity contribution in [2.24, 2.45) is 0 Å². The van der Waals surface area contributed by atoms with Gasteiger partial charge in [-0.05, 0) is 116 Å². The summed E-state index contributed by atoms with van der Waals surface area (Å²) in [6, 6.07) is 0. The fourth-order valence-electron chi connectivity index (χ4n) is 9.55. The first-order chi connectivity index (χ1) is 40.5. The number of ether oxygens (including phenoxy) is 3. The molecule has 1 atom stereocenters. The Labute approximate surface area is 507 Å². The number of unbranched alkanes of at least 4 members (excludes halogenated alkanes) is 31. The van der Waals surface area contributed by atoms with Crippen molar-refractivity contribution in [3.05, 3.63) is 122 Å². The molecule has 0 aromatic rings. The third kappa shape index (κ3) is 66.6. The second kappa shape index (κ2) is 69.3. The number of hydrogen-bond acceptors (Lipinski definition) is 6. The van der Waals surface area contributed by atoms with E-state index in [-0.39, 0.29) is 31.1 Å². The van der Waals surface area contributed by atoms with Crippen LogP contribution in [0.2, 0.25) is 0 Å². The quantitative estimate of drug-likeness (QED) is 0.0261. The fraction of sp³-hybridized carbons (Fsp3) is 0.697. The number of carbonyl (C=O) groups is 3. The molecule has 6 nitrogen and oxygen atoms in total. The molecule has 468 valence electrons. The lowest BCUT2D eigenvalue weighted by molar-refractivity contribution is -0.167. The maximum atomic E-state index is 13.0. The van der Waals surface area contributed by atoms with Gasteiger partial charge in [-0.3, -0.25) is 14.4 Å². The van der Waals surface area contributed by atoms with Crippen LogP contribution < -0.4 is 0 Å². The van der Waals surface area contributed by atoms with Crippen LogP contribution in [0.5, 0.6) is 0 Å². The molecule has 0 aromatic heterocycles. The lowest BCUT2D eigenvalue weighted by Crippen LogP contribution is -2.30. The molecule has 0 N–H and O–H groups in total. The maximum Gasteiger partial charge on any atom is 0.306 e. The minimum Gasteiger partial charge on any atom is -0.462 e. The van der Waals surface area contributed by atoms with Crippen LogP contribution in [0.3, 0.4) is 0 Å². The third-order valence-electron chi connectivity index (χ3n) is 14.7. The Bertz CT molecular complexity index is 1690. The summed E-state index contributed by atoms with van der Waals surface area (Å²) in [5, 5.41) is 0. The summed E-state index contributed by atoms with van der Waals surface area (Å²) in [5.41, 5.74) is 0. The van der Waals surface area contributed by atoms with Crippen molar-refractivity contribution in [3.8, 4) is 0 Å². The Morgan fingerprint density at radius 2 is 0.476 bits per heavy atom. The van der Waals surface area contributed by atoms with Crippen molar-refractivity contribution in [1.29, 1.82) is 0 Å². The summed E-state index contributed by atoms with van der Waals surface area (Å²) in [5.74, 6) is -0.911. The maximum absolute atomic E-state index is 13.0. The molecule has 0 saturated carbocycles. The van der Waals surface area contributed by atoms with Gasteiger partial charge in [-0.25, -0.2) is 0 Å². The molecule has 0 aromatic carbocycles. The van der Waals surface area contributed by atoms with Gasteiger partial charge in [0.2, 0.25) is 0 Å². The normalized spacial score (nSPS) is 12.9. The minimum absolute atomic E-state index is 0.0894. The standard InChI is InChI=1S/C76H128O6/c1-4-7-10-13-16-19-22-25-28-31-33-35-36-37-38-39-40-42-43-45-48-51-54-57-60-63-66-69-75(78)81-72-73(71-80-74(77)68-65-62-59-56-53-50-47-30-27-24-21-18-15-12-9-6-3)82-76(79)70-67-64-61-58-55-52-49-46-44-41-34-32-29-26-23-20-17-14-11-8-5-2/h7,10,16,19,23,25-26,28,32-35,37-38,40,42,44-46,48,73H,4-6,8-9,11-15,17-18,20-22,24,27,29-31,36,39,41,43,47,49-72H2,1-3H3/b10-7-,19-16-,26-23-,28-25-,34-32-,35-33-,38-37-,42-40-,46-44-,48-45-. The summed E-state index contributed by atoms with van der Waals surface area (Å²) < 4.78 is 17.0. The van der Waals surface area contributed by atoms with Crippen molar-refractivity contribution in [1.82, 2.24) is 0 Å². The Kier molecular flexibility index (Phi) is 65.8. The zero-order valence-corrected chi connectivity index (χ0v) is 53.7. The van der Waals surface area contributed by atoms with E-state index in [0.717, 1.165) is 148 Å². The van der Waals surface area contributed by atoms with Crippen LogP contribution in [0.1, 0.15) is 323 Å². The van der Waals surface area contributed by atoms with Gasteiger partial charge < -0.3 is 14.2 Å². The summed E-state index contributed by atoms with van der Waals surface area (Å²) in [4.78, 5) is 38.4. The topological polar surface area (TPSA) is 78.9 Å². The molecule has 1 unspecified atom stereocenters. The Morgan fingerprint density at radius 3 is 0.744 bits per heavy atom. The fourth-order valence-corrected chi connectivity index (χ4v) is 9.55. The Hall–Kier alpha value is -4.19. The van der Waals surface area contributed by atoms with Crippen LogP contribution in [0.15, 0.2) is 122 Å². The van der Waals surface area contributed by atoms with E-state index in [1.165, 1.54) is 135 Å². The number of hydrogen-bond donors (Lipinski definition) is 0. The second-order valence-corrected chi connectivity index (χ2v) is 22.7. The van der Waals surface area contributed by atoms with Crippen molar-refractivity contribution in [2.45, 2.75) is 329 Å². The monoisotopic (exact) mass is 1140 g/mol. The van der Waals surface area contributed by atoms with E-state index in [9.17, 15) is 14.4 Å². The summed E-state index contributed by atoms with van der Waals surface area (Å²) >= 11 is 0. The van der Waals surface area contributed by atoms with Gasteiger partial charge in [-0.1, -0.05) is 309 Å². The van der Waals surface area contributed by atoms with E-state index in [1.807, 2.05) is 0 Å². The van der Waals surface area contributed by atoms with Gasteiger partial charge in [0.15, 0.2) is 6.10 Å². The molecule has 0 aliphatic carbocycles. The Balaban J connectivity index is 4.44. The SMILES string of the molecule is CC/C=C\C/C=C\C/C=C\C/C=C\C/C=C\C/C=C\C/C=C\CCCCCCCC(=O)OCC(COC(=O)CCCCCCCCCCCCCCCCCC)OC(=O)CCCCCCCC/C=C\C/C=C\C/C=C\CCCCCCC. The highest BCUT2D eigenvalue weighted by molar-refractivity contribution is 5.71. The zero-order chi connectivity index (χ0) is 59.2. The predicted molar refractivity (Wildman–Crippen MR) is 357 cm³/mol. The van der Waals surface area contributed by atoms with Crippen molar-refractivity contribution < 1.29 is 28.6 Å². The lowest BCUT2D eigenvalue weighted by Gasteiger charge is -2.18. The number of rotatable bonds is 62. The molecular formula is C76H128O6. The molecule has 0 saturated heterocycles. The second-order valence-electron chi connectivity index (χ2n) is 22.7. The molecule has 0 radical (unpaired) electrons. The van der Waals surface area contributed by atoms with E-state index in [4.69, 9.17) is 14.2 Å². The zero-order valence-electron chi connectivity index (χ0n) is 53.7. The highest BCUT2D eigenvalue weighted by Gasteiger charge is 2.19. The molecule has 82 heavy (non-hydrogen) atoms. The molecule has 0 heterocycles. The average Bonchev–Trinajstić information content (AvgIpc) is 3.47. The van der Waals surface area contributed by atoms with E-state index >= 15 is 0 Å². The summed E-state index contributed by atoms with van der Waals surface area (Å²) in [7, 11) is 0. The van der Waals surface area contributed by atoms with Gasteiger partial charge in [0.1, 0.15) is 13.2 Å². The highest BCUT2D eigenvalue weighted by atomic mass is 16.6. The van der Waals surface area contributed by atoms with Gasteiger partial charge in [0.05, 0.1) is 0 Å². The molecule has 0 aliphatic heterocycles. The number of carbonyl (C=O) groups excluding carboxylic acids is 3. The molecule has 0 aliphatic rings. The molecule has 0 bridgehead atoms. The van der Waals surface area contributed by atoms with Gasteiger partial charge in [0.25, 0.3) is 0 Å². The molecule has 0 spiro atoms. The first kappa shape index (κ1) is 77.8. The van der Waals surface area contributed by atoms with Crippen LogP contribution in [0.4, 0.5) is 0 Å². The van der Waals surface area contributed by atoms with E-state index in [0.29, 0.717) is 19.3 Å². The van der Waals surface area contributed by atoms with E-state index < -0.39 is 6.10 Å². The molecule has 0 rings (SSSR count). The molecule has 0 amide bonds. The van der Waals surface area contributed by atoms with Crippen LogP contribution in [-0.2, 0) is 28.6 Å². The smallest absolute Gasteiger partial charge is 0.306 e. The van der Waals surface area contributed by atoms with Crippen LogP contribution in [0, 0.1) is 0 Å². The van der Waals surface area contributed by atoms with E-state index in [2.05, 4.69) is 142 Å². The summed E-state index contributed by atoms with van der Waals surface area (Å²) in [6.45, 7) is 6.52. The highest BCUT2D eigenvalue weighted by Crippen LogP contribution is 2.16. The number of allylic oxidation sites excluding steroid dienone is 20.